The van der Waals surface area contributed by atoms with Crippen molar-refractivity contribution in [2.45, 2.75) is 39.2 Å². The Morgan fingerprint density at radius 2 is 2.05 bits per heavy atom. The van der Waals surface area contributed by atoms with E-state index < -0.39 is 11.6 Å². The predicted octanol–water partition coefficient (Wildman–Crippen LogP) is 3.27. The quantitative estimate of drug-likeness (QED) is 0.877. The molecule has 0 spiro atoms. The van der Waals surface area contributed by atoms with Crippen LogP contribution in [0.4, 0.5) is 0 Å². The summed E-state index contributed by atoms with van der Waals surface area (Å²) in [6.07, 6.45) is 0.763. The van der Waals surface area contributed by atoms with Crippen LogP contribution in [0.25, 0.3) is 10.2 Å². The average Bonchev–Trinajstić information content (AvgIpc) is 2.75. The van der Waals surface area contributed by atoms with Gasteiger partial charge in [-0.3, -0.25) is 4.79 Å². The van der Waals surface area contributed by atoms with Crippen LogP contribution in [0.15, 0.2) is 18.2 Å². The number of nitrogens with zero attached hydrogens (tertiary/aromatic N) is 1. The number of hydrogen-bond acceptors (Lipinski definition) is 5. The predicted molar refractivity (Wildman–Crippen MR) is 80.7 cm³/mol. The van der Waals surface area contributed by atoms with Gasteiger partial charge >= 0.3 is 11.9 Å². The molecule has 0 aliphatic heterocycles. The van der Waals surface area contributed by atoms with Crippen molar-refractivity contribution < 1.29 is 19.4 Å². The van der Waals surface area contributed by atoms with Crippen molar-refractivity contribution in [3.8, 4) is 0 Å². The normalized spacial score (nSPS) is 11.6. The molecule has 1 aromatic heterocycles. The first-order valence-corrected chi connectivity index (χ1v) is 7.41. The number of thiazole rings is 1. The van der Waals surface area contributed by atoms with Crippen LogP contribution in [0.2, 0.25) is 0 Å². The van der Waals surface area contributed by atoms with E-state index in [1.165, 1.54) is 17.4 Å². The minimum atomic E-state index is -0.958. The van der Waals surface area contributed by atoms with Gasteiger partial charge in [0.15, 0.2) is 0 Å². The molecule has 1 heterocycles. The minimum absolute atomic E-state index is 0.241. The maximum absolute atomic E-state index is 11.7. The highest BCUT2D eigenvalue weighted by Gasteiger charge is 2.17. The van der Waals surface area contributed by atoms with Crippen molar-refractivity contribution in [2.75, 3.05) is 0 Å². The number of fused-ring (bicyclic) bond motifs is 1. The molecule has 6 heteroatoms. The Kier molecular flexibility index (Phi) is 4.27. The van der Waals surface area contributed by atoms with Crippen molar-refractivity contribution in [3.63, 3.8) is 0 Å². The number of aromatic carboxylic acids is 1. The third-order valence-corrected chi connectivity index (χ3v) is 3.72. The maximum Gasteiger partial charge on any atom is 0.335 e. The zero-order valence-electron chi connectivity index (χ0n) is 12.2. The largest absolute Gasteiger partial charge is 0.478 e. The zero-order valence-corrected chi connectivity index (χ0v) is 13.0. The highest BCUT2D eigenvalue weighted by atomic mass is 32.1. The summed E-state index contributed by atoms with van der Waals surface area (Å²) in [6, 6.07) is 4.82. The second kappa shape index (κ2) is 5.81. The van der Waals surface area contributed by atoms with Crippen LogP contribution in [-0.2, 0) is 16.0 Å². The van der Waals surface area contributed by atoms with Crippen LogP contribution in [0, 0.1) is 0 Å². The van der Waals surface area contributed by atoms with Gasteiger partial charge in [-0.2, -0.15) is 0 Å². The Labute approximate surface area is 126 Å². The molecule has 0 saturated heterocycles. The Hall–Kier alpha value is -1.95. The van der Waals surface area contributed by atoms with Crippen LogP contribution in [0.1, 0.15) is 42.6 Å². The molecule has 0 aliphatic rings. The molecule has 112 valence electrons. The molecule has 0 amide bonds. The Bertz CT molecular complexity index is 685. The molecule has 0 bridgehead atoms. The third kappa shape index (κ3) is 4.26. The smallest absolute Gasteiger partial charge is 0.335 e. The first kappa shape index (κ1) is 15.4. The number of carboxylic acids is 1. The van der Waals surface area contributed by atoms with Crippen molar-refractivity contribution in [1.82, 2.24) is 4.98 Å². The standard InChI is InChI=1S/C15H17NO4S/c1-15(2,3)20-13(17)7-6-12-16-10-5-4-9(14(18)19)8-11(10)21-12/h4-5,8H,6-7H2,1-3H3,(H,18,19). The molecule has 0 unspecified atom stereocenters. The van der Waals surface area contributed by atoms with Crippen LogP contribution in [0.3, 0.4) is 0 Å². The van der Waals surface area contributed by atoms with Crippen LogP contribution < -0.4 is 0 Å². The fourth-order valence-corrected chi connectivity index (χ4v) is 2.82. The van der Waals surface area contributed by atoms with Crippen LogP contribution in [0.5, 0.6) is 0 Å². The number of benzene rings is 1. The number of carboxylic acid groups (broad SMARTS) is 1. The van der Waals surface area contributed by atoms with Gasteiger partial charge in [0.1, 0.15) is 5.60 Å². The number of aromatic nitrogens is 1. The lowest BCUT2D eigenvalue weighted by atomic mass is 10.2. The zero-order chi connectivity index (χ0) is 15.6. The summed E-state index contributed by atoms with van der Waals surface area (Å²) in [6.45, 7) is 5.49. The minimum Gasteiger partial charge on any atom is -0.478 e. The first-order chi connectivity index (χ1) is 9.74. The van der Waals surface area contributed by atoms with Gasteiger partial charge < -0.3 is 9.84 Å². The molecular formula is C15H17NO4S. The van der Waals surface area contributed by atoms with Gasteiger partial charge in [0.25, 0.3) is 0 Å². The van der Waals surface area contributed by atoms with Crippen molar-refractivity contribution in [2.24, 2.45) is 0 Å². The summed E-state index contributed by atoms with van der Waals surface area (Å²) in [5.41, 5.74) is 0.509. The molecule has 2 aromatic rings. The number of rotatable bonds is 4. The first-order valence-electron chi connectivity index (χ1n) is 6.59. The van der Waals surface area contributed by atoms with Crippen LogP contribution >= 0.6 is 11.3 Å². The van der Waals surface area contributed by atoms with Gasteiger partial charge in [-0.05, 0) is 39.0 Å². The van der Waals surface area contributed by atoms with Gasteiger partial charge in [-0.15, -0.1) is 11.3 Å². The summed E-state index contributed by atoms with van der Waals surface area (Å²) in [5, 5.41) is 9.76. The summed E-state index contributed by atoms with van der Waals surface area (Å²) >= 11 is 1.41. The van der Waals surface area contributed by atoms with Crippen LogP contribution in [-0.4, -0.2) is 27.6 Å². The van der Waals surface area contributed by atoms with Gasteiger partial charge in [0.05, 0.1) is 27.2 Å². The lowest BCUT2D eigenvalue weighted by Crippen LogP contribution is -2.23. The molecule has 0 saturated carbocycles. The Morgan fingerprint density at radius 1 is 1.33 bits per heavy atom. The van der Waals surface area contributed by atoms with Crippen molar-refractivity contribution in [1.29, 1.82) is 0 Å². The number of hydrogen-bond donors (Lipinski definition) is 1. The van der Waals surface area contributed by atoms with E-state index >= 15 is 0 Å². The molecule has 1 N–H and O–H groups in total. The molecule has 21 heavy (non-hydrogen) atoms. The lowest BCUT2D eigenvalue weighted by Gasteiger charge is -2.19. The van der Waals surface area contributed by atoms with E-state index in [0.29, 0.717) is 6.42 Å². The van der Waals surface area contributed by atoms with Gasteiger partial charge in [-0.25, -0.2) is 9.78 Å². The van der Waals surface area contributed by atoms with E-state index in [0.717, 1.165) is 15.2 Å². The van der Waals surface area contributed by atoms with E-state index in [2.05, 4.69) is 4.98 Å². The van der Waals surface area contributed by atoms with Gasteiger partial charge in [-0.1, -0.05) is 0 Å². The molecule has 2 rings (SSSR count). The highest BCUT2D eigenvalue weighted by molar-refractivity contribution is 7.18. The summed E-state index contributed by atoms with van der Waals surface area (Å²) in [4.78, 5) is 27.0. The van der Waals surface area contributed by atoms with Gasteiger partial charge in [0.2, 0.25) is 0 Å². The van der Waals surface area contributed by atoms with E-state index in [-0.39, 0.29) is 18.0 Å². The third-order valence-electron chi connectivity index (χ3n) is 2.64. The molecule has 0 aliphatic carbocycles. The average molecular weight is 307 g/mol. The molecule has 0 radical (unpaired) electrons. The summed E-state index contributed by atoms with van der Waals surface area (Å²) in [7, 11) is 0. The van der Waals surface area contributed by atoms with E-state index in [9.17, 15) is 9.59 Å². The SMILES string of the molecule is CC(C)(C)OC(=O)CCc1nc2ccc(C(=O)O)cc2s1. The Balaban J connectivity index is 2.06. The number of aryl methyl sites for hydroxylation is 1. The molecule has 1 aromatic carbocycles. The number of carbonyl (C=O) groups excluding carboxylic acids is 1. The maximum atomic E-state index is 11.7. The highest BCUT2D eigenvalue weighted by Crippen LogP contribution is 2.24. The van der Waals surface area contributed by atoms with E-state index in [1.807, 2.05) is 20.8 Å². The fourth-order valence-electron chi connectivity index (χ4n) is 1.81. The molecular weight excluding hydrogens is 290 g/mol. The van der Waals surface area contributed by atoms with Crippen molar-refractivity contribution in [3.05, 3.63) is 28.8 Å². The summed E-state index contributed by atoms with van der Waals surface area (Å²) in [5.74, 6) is -1.21. The second-order valence-electron chi connectivity index (χ2n) is 5.68. The number of ether oxygens (including phenoxy) is 1. The lowest BCUT2D eigenvalue weighted by molar-refractivity contribution is -0.154. The molecule has 0 fully saturated rings. The topological polar surface area (TPSA) is 76.5 Å². The number of carbonyl (C=O) groups is 2. The molecule has 0 atom stereocenters. The van der Waals surface area contributed by atoms with E-state index in [1.54, 1.807) is 12.1 Å². The van der Waals surface area contributed by atoms with E-state index in [4.69, 9.17) is 9.84 Å². The number of esters is 1. The fraction of sp³-hybridized carbons (Fsp3) is 0.400. The Morgan fingerprint density at radius 3 is 2.67 bits per heavy atom. The molecule has 5 nitrogen and oxygen atoms in total. The van der Waals surface area contributed by atoms with Gasteiger partial charge in [0, 0.05) is 6.42 Å². The monoisotopic (exact) mass is 307 g/mol. The second-order valence-corrected chi connectivity index (χ2v) is 6.80. The summed E-state index contributed by atoms with van der Waals surface area (Å²) < 4.78 is 6.06. The van der Waals surface area contributed by atoms with Crippen molar-refractivity contribution >= 4 is 33.5 Å².